The molecule has 2 unspecified atom stereocenters. The molecule has 1 N–H and O–H groups in total. The molecule has 1 fully saturated rings. The van der Waals surface area contributed by atoms with E-state index in [-0.39, 0.29) is 18.0 Å². The number of aryl methyl sites for hydroxylation is 1. The Morgan fingerprint density at radius 1 is 1.32 bits per heavy atom. The van der Waals surface area contributed by atoms with Gasteiger partial charge in [0.15, 0.2) is 5.76 Å². The molecular formula is C19H20N4O2. The van der Waals surface area contributed by atoms with Gasteiger partial charge in [-0.15, -0.1) is 0 Å². The van der Waals surface area contributed by atoms with Crippen LogP contribution in [-0.4, -0.2) is 26.5 Å². The standard InChI is InChI=1S/C19H20N4O2/c1-13-14(7-8-16(21-13)18-6-3-11-25-18)19(24)22-15-4-2-5-17(15)23-10-9-20-12-23/h3,6-12,15,17H,2,4-5H2,1H3,(H,22,24). The molecule has 0 bridgehead atoms. The summed E-state index contributed by atoms with van der Waals surface area (Å²) in [6.45, 7) is 1.85. The van der Waals surface area contributed by atoms with E-state index in [9.17, 15) is 4.79 Å². The molecule has 25 heavy (non-hydrogen) atoms. The van der Waals surface area contributed by atoms with E-state index in [1.165, 1.54) is 0 Å². The van der Waals surface area contributed by atoms with Crippen molar-refractivity contribution in [2.75, 3.05) is 0 Å². The van der Waals surface area contributed by atoms with E-state index >= 15 is 0 Å². The first kappa shape index (κ1) is 15.6. The topological polar surface area (TPSA) is 73.0 Å². The fraction of sp³-hybridized carbons (Fsp3) is 0.316. The van der Waals surface area contributed by atoms with Gasteiger partial charge in [-0.25, -0.2) is 9.97 Å². The smallest absolute Gasteiger partial charge is 0.253 e. The van der Waals surface area contributed by atoms with Crippen LogP contribution in [0.25, 0.3) is 11.5 Å². The number of pyridine rings is 1. The number of nitrogens with zero attached hydrogens (tertiary/aromatic N) is 3. The maximum Gasteiger partial charge on any atom is 0.253 e. The zero-order chi connectivity index (χ0) is 17.2. The first-order valence-electron chi connectivity index (χ1n) is 8.52. The van der Waals surface area contributed by atoms with Gasteiger partial charge in [-0.05, 0) is 50.5 Å². The Hall–Kier alpha value is -2.89. The van der Waals surface area contributed by atoms with Crippen LogP contribution in [0, 0.1) is 6.92 Å². The van der Waals surface area contributed by atoms with Crippen LogP contribution in [0.2, 0.25) is 0 Å². The maximum atomic E-state index is 12.7. The van der Waals surface area contributed by atoms with Crippen molar-refractivity contribution in [3.63, 3.8) is 0 Å². The van der Waals surface area contributed by atoms with E-state index in [0.717, 1.165) is 25.0 Å². The van der Waals surface area contributed by atoms with Crippen LogP contribution in [-0.2, 0) is 0 Å². The molecular weight excluding hydrogens is 316 g/mol. The number of furan rings is 1. The summed E-state index contributed by atoms with van der Waals surface area (Å²) in [4.78, 5) is 21.4. The van der Waals surface area contributed by atoms with Gasteiger partial charge in [-0.2, -0.15) is 0 Å². The minimum absolute atomic E-state index is 0.0759. The van der Waals surface area contributed by atoms with Crippen LogP contribution in [0.4, 0.5) is 0 Å². The van der Waals surface area contributed by atoms with Gasteiger partial charge in [0, 0.05) is 18.4 Å². The summed E-state index contributed by atoms with van der Waals surface area (Å²) in [5.74, 6) is 0.624. The second-order valence-electron chi connectivity index (χ2n) is 6.39. The predicted molar refractivity (Wildman–Crippen MR) is 93.0 cm³/mol. The molecule has 1 aliphatic rings. The molecule has 0 spiro atoms. The number of carbonyl (C=O) groups excluding carboxylic acids is 1. The van der Waals surface area contributed by atoms with Crippen molar-refractivity contribution in [2.24, 2.45) is 0 Å². The van der Waals surface area contributed by atoms with Crippen molar-refractivity contribution in [3.8, 4) is 11.5 Å². The third-order valence-corrected chi connectivity index (χ3v) is 4.81. The highest BCUT2D eigenvalue weighted by atomic mass is 16.3. The van der Waals surface area contributed by atoms with Crippen molar-refractivity contribution in [2.45, 2.75) is 38.3 Å². The number of rotatable bonds is 4. The summed E-state index contributed by atoms with van der Waals surface area (Å²) < 4.78 is 7.45. The lowest BCUT2D eigenvalue weighted by molar-refractivity contribution is 0.0928. The monoisotopic (exact) mass is 336 g/mol. The summed E-state index contributed by atoms with van der Waals surface area (Å²) in [6, 6.07) is 7.70. The minimum atomic E-state index is -0.0759. The number of nitrogens with one attached hydrogen (secondary N) is 1. The van der Waals surface area contributed by atoms with Gasteiger partial charge in [0.2, 0.25) is 0 Å². The Morgan fingerprint density at radius 2 is 2.24 bits per heavy atom. The van der Waals surface area contributed by atoms with Gasteiger partial charge in [-0.1, -0.05) is 0 Å². The predicted octanol–water partition coefficient (Wildman–Crippen LogP) is 3.37. The number of carbonyl (C=O) groups is 1. The molecule has 1 aliphatic carbocycles. The van der Waals surface area contributed by atoms with Crippen molar-refractivity contribution in [1.29, 1.82) is 0 Å². The molecule has 4 rings (SSSR count). The average molecular weight is 336 g/mol. The lowest BCUT2D eigenvalue weighted by Crippen LogP contribution is -2.38. The molecule has 1 saturated carbocycles. The zero-order valence-electron chi connectivity index (χ0n) is 14.1. The quantitative estimate of drug-likeness (QED) is 0.793. The molecule has 3 heterocycles. The van der Waals surface area contributed by atoms with E-state index < -0.39 is 0 Å². The second kappa shape index (κ2) is 6.55. The molecule has 128 valence electrons. The number of aromatic nitrogens is 3. The van der Waals surface area contributed by atoms with Crippen LogP contribution in [0.1, 0.15) is 41.4 Å². The van der Waals surface area contributed by atoms with Gasteiger partial charge in [0.05, 0.1) is 29.9 Å². The van der Waals surface area contributed by atoms with Gasteiger partial charge in [0.1, 0.15) is 5.69 Å². The Labute approximate surface area is 145 Å². The van der Waals surface area contributed by atoms with Crippen molar-refractivity contribution in [3.05, 3.63) is 60.5 Å². The molecule has 0 radical (unpaired) electrons. The summed E-state index contributed by atoms with van der Waals surface area (Å²) in [5.41, 5.74) is 2.03. The Kier molecular flexibility index (Phi) is 4.09. The van der Waals surface area contributed by atoms with Gasteiger partial charge < -0.3 is 14.3 Å². The second-order valence-corrected chi connectivity index (χ2v) is 6.39. The van der Waals surface area contributed by atoms with E-state index in [1.54, 1.807) is 12.5 Å². The van der Waals surface area contributed by atoms with Crippen LogP contribution in [0.3, 0.4) is 0 Å². The van der Waals surface area contributed by atoms with E-state index in [0.29, 0.717) is 17.0 Å². The van der Waals surface area contributed by atoms with Gasteiger partial charge >= 0.3 is 0 Å². The fourth-order valence-corrected chi connectivity index (χ4v) is 3.54. The SMILES string of the molecule is Cc1nc(-c2ccco2)ccc1C(=O)NC1CCCC1n1ccnc1. The van der Waals surface area contributed by atoms with Crippen LogP contribution >= 0.6 is 0 Å². The lowest BCUT2D eigenvalue weighted by Gasteiger charge is -2.22. The van der Waals surface area contributed by atoms with Crippen LogP contribution in [0.5, 0.6) is 0 Å². The number of imidazole rings is 1. The highest BCUT2D eigenvalue weighted by Gasteiger charge is 2.30. The molecule has 0 aliphatic heterocycles. The Balaban J connectivity index is 1.51. The number of hydrogen-bond donors (Lipinski definition) is 1. The zero-order valence-corrected chi connectivity index (χ0v) is 14.1. The summed E-state index contributed by atoms with van der Waals surface area (Å²) in [7, 11) is 0. The minimum Gasteiger partial charge on any atom is -0.463 e. The number of amides is 1. The molecule has 0 aromatic carbocycles. The normalized spacial score (nSPS) is 19.9. The molecule has 1 amide bonds. The van der Waals surface area contributed by atoms with E-state index in [2.05, 4.69) is 19.9 Å². The summed E-state index contributed by atoms with van der Waals surface area (Å²) in [5, 5.41) is 3.18. The molecule has 6 nitrogen and oxygen atoms in total. The first-order valence-corrected chi connectivity index (χ1v) is 8.52. The third kappa shape index (κ3) is 3.07. The van der Waals surface area contributed by atoms with Gasteiger partial charge in [0.25, 0.3) is 5.91 Å². The number of hydrogen-bond acceptors (Lipinski definition) is 4. The van der Waals surface area contributed by atoms with Crippen molar-refractivity contribution >= 4 is 5.91 Å². The fourth-order valence-electron chi connectivity index (χ4n) is 3.54. The third-order valence-electron chi connectivity index (χ3n) is 4.81. The molecule has 6 heteroatoms. The van der Waals surface area contributed by atoms with Crippen LogP contribution in [0.15, 0.2) is 53.7 Å². The summed E-state index contributed by atoms with van der Waals surface area (Å²) >= 11 is 0. The highest BCUT2D eigenvalue weighted by molar-refractivity contribution is 5.95. The van der Waals surface area contributed by atoms with E-state index in [1.807, 2.05) is 43.7 Å². The summed E-state index contributed by atoms with van der Waals surface area (Å²) in [6.07, 6.45) is 10.3. The van der Waals surface area contributed by atoms with Crippen LogP contribution < -0.4 is 5.32 Å². The molecule has 0 saturated heterocycles. The lowest BCUT2D eigenvalue weighted by atomic mass is 10.1. The molecule has 3 aromatic rings. The van der Waals surface area contributed by atoms with Crippen molar-refractivity contribution < 1.29 is 9.21 Å². The first-order chi connectivity index (χ1) is 12.2. The van der Waals surface area contributed by atoms with Crippen molar-refractivity contribution in [1.82, 2.24) is 19.9 Å². The highest BCUT2D eigenvalue weighted by Crippen LogP contribution is 2.30. The maximum absolute atomic E-state index is 12.7. The van der Waals surface area contributed by atoms with Gasteiger partial charge in [-0.3, -0.25) is 4.79 Å². The Morgan fingerprint density at radius 3 is 2.96 bits per heavy atom. The molecule has 3 aromatic heterocycles. The van der Waals surface area contributed by atoms with E-state index in [4.69, 9.17) is 4.42 Å². The largest absolute Gasteiger partial charge is 0.463 e. The molecule has 2 atom stereocenters. The average Bonchev–Trinajstić information content (AvgIpc) is 3.36. The Bertz CT molecular complexity index is 856.